The van der Waals surface area contributed by atoms with Crippen molar-refractivity contribution in [2.24, 2.45) is 0 Å². The summed E-state index contributed by atoms with van der Waals surface area (Å²) in [6, 6.07) is 0.664. The van der Waals surface area contributed by atoms with Crippen LogP contribution >= 0.6 is 0 Å². The van der Waals surface area contributed by atoms with Gasteiger partial charge in [-0.1, -0.05) is 30.5 Å². The minimum absolute atomic E-state index is 0.122. The zero-order chi connectivity index (χ0) is 17.9. The van der Waals surface area contributed by atoms with Crippen LogP contribution in [0.5, 0.6) is 0 Å². The Morgan fingerprint density at radius 2 is 2.04 bits per heavy atom. The number of halogens is 3. The lowest BCUT2D eigenvalue weighted by Gasteiger charge is -2.21. The van der Waals surface area contributed by atoms with Crippen LogP contribution in [0.2, 0.25) is 0 Å². The van der Waals surface area contributed by atoms with Crippen molar-refractivity contribution in [1.29, 1.82) is 0 Å². The molecule has 2 aromatic heterocycles. The normalized spacial score (nSPS) is 17.2. The van der Waals surface area contributed by atoms with Crippen molar-refractivity contribution in [3.8, 4) is 0 Å². The zero-order valence-corrected chi connectivity index (χ0v) is 13.4. The van der Waals surface area contributed by atoms with Crippen LogP contribution in [0.4, 0.5) is 13.2 Å². The first-order valence-corrected chi connectivity index (χ1v) is 8.14. The highest BCUT2D eigenvalue weighted by atomic mass is 19.4. The van der Waals surface area contributed by atoms with Crippen LogP contribution in [0.25, 0.3) is 0 Å². The molecule has 1 aliphatic carbocycles. The summed E-state index contributed by atoms with van der Waals surface area (Å²) < 4.78 is 41.5. The van der Waals surface area contributed by atoms with E-state index in [1.807, 2.05) is 5.32 Å². The summed E-state index contributed by atoms with van der Waals surface area (Å²) in [5.74, 6) is -0.909. The molecule has 2 heterocycles. The van der Waals surface area contributed by atoms with E-state index in [0.29, 0.717) is 0 Å². The summed E-state index contributed by atoms with van der Waals surface area (Å²) >= 11 is 0. The van der Waals surface area contributed by atoms with Gasteiger partial charge in [0.2, 0.25) is 0 Å². The summed E-state index contributed by atoms with van der Waals surface area (Å²) in [7, 11) is 0. The van der Waals surface area contributed by atoms with Gasteiger partial charge in [-0.05, 0) is 18.9 Å². The first-order chi connectivity index (χ1) is 11.9. The number of carbonyl (C=O) groups excluding carboxylic acids is 1. The largest absolute Gasteiger partial charge is 0.412 e. The van der Waals surface area contributed by atoms with Crippen LogP contribution < -0.4 is 5.32 Å². The number of aromatic nitrogens is 4. The van der Waals surface area contributed by atoms with Crippen LogP contribution in [0, 0.1) is 0 Å². The molecule has 2 aromatic rings. The molecular weight excluding hydrogens is 335 g/mol. The molecule has 3 rings (SSSR count). The standard InChI is InChI=1S/C16H18F3N5O/c17-16(18,19)14(11-5-4-8-20-9-11)21-15(25)13-10-24(23-22-13)12-6-2-1-3-7-12/h4-5,8-10,12,14H,1-3,6-7H2,(H,21,25). The van der Waals surface area contributed by atoms with Gasteiger partial charge < -0.3 is 5.32 Å². The van der Waals surface area contributed by atoms with Crippen LogP contribution in [0.3, 0.4) is 0 Å². The molecule has 1 saturated carbocycles. The Kier molecular flexibility index (Phi) is 5.00. The van der Waals surface area contributed by atoms with Gasteiger partial charge in [-0.2, -0.15) is 13.2 Å². The van der Waals surface area contributed by atoms with E-state index in [2.05, 4.69) is 15.3 Å². The van der Waals surface area contributed by atoms with E-state index in [9.17, 15) is 18.0 Å². The quantitative estimate of drug-likeness (QED) is 0.916. The molecule has 0 aromatic carbocycles. The van der Waals surface area contributed by atoms with E-state index < -0.39 is 18.1 Å². The molecule has 6 nitrogen and oxygen atoms in total. The van der Waals surface area contributed by atoms with E-state index in [1.54, 1.807) is 4.68 Å². The van der Waals surface area contributed by atoms with Crippen molar-refractivity contribution in [2.75, 3.05) is 0 Å². The van der Waals surface area contributed by atoms with Crippen molar-refractivity contribution >= 4 is 5.91 Å². The fourth-order valence-corrected chi connectivity index (χ4v) is 3.01. The number of nitrogens with zero attached hydrogens (tertiary/aromatic N) is 4. The highest BCUT2D eigenvalue weighted by Gasteiger charge is 2.42. The maximum Gasteiger partial charge on any atom is 0.412 e. The molecule has 0 radical (unpaired) electrons. The lowest BCUT2D eigenvalue weighted by Crippen LogP contribution is -2.38. The molecule has 1 unspecified atom stereocenters. The summed E-state index contributed by atoms with van der Waals surface area (Å²) in [5.41, 5.74) is -0.258. The number of carbonyl (C=O) groups is 1. The fraction of sp³-hybridized carbons (Fsp3) is 0.500. The number of rotatable bonds is 4. The maximum atomic E-state index is 13.3. The van der Waals surface area contributed by atoms with Crippen molar-refractivity contribution in [3.05, 3.63) is 42.0 Å². The van der Waals surface area contributed by atoms with E-state index in [4.69, 9.17) is 0 Å². The predicted octanol–water partition coefficient (Wildman–Crippen LogP) is 3.21. The fourth-order valence-electron chi connectivity index (χ4n) is 3.01. The minimum Gasteiger partial charge on any atom is -0.335 e. The number of hydrogen-bond acceptors (Lipinski definition) is 4. The Labute approximate surface area is 142 Å². The highest BCUT2D eigenvalue weighted by Crippen LogP contribution is 2.32. The summed E-state index contributed by atoms with van der Waals surface area (Å²) in [5, 5.41) is 9.64. The summed E-state index contributed by atoms with van der Waals surface area (Å²) in [4.78, 5) is 15.9. The Bertz CT molecular complexity index is 710. The molecule has 1 N–H and O–H groups in total. The third-order valence-electron chi connectivity index (χ3n) is 4.31. The van der Waals surface area contributed by atoms with Gasteiger partial charge in [0, 0.05) is 18.0 Å². The van der Waals surface area contributed by atoms with Gasteiger partial charge in [-0.3, -0.25) is 9.78 Å². The summed E-state index contributed by atoms with van der Waals surface area (Å²) in [6.07, 6.45) is 4.41. The Morgan fingerprint density at radius 3 is 2.68 bits per heavy atom. The molecule has 134 valence electrons. The van der Waals surface area contributed by atoms with E-state index in [1.165, 1.54) is 24.5 Å². The van der Waals surface area contributed by atoms with Crippen LogP contribution in [-0.4, -0.2) is 32.1 Å². The Balaban J connectivity index is 1.74. The third kappa shape index (κ3) is 4.15. The molecule has 25 heavy (non-hydrogen) atoms. The Morgan fingerprint density at radius 1 is 1.28 bits per heavy atom. The lowest BCUT2D eigenvalue weighted by molar-refractivity contribution is -0.155. The van der Waals surface area contributed by atoms with Gasteiger partial charge in [0.1, 0.15) is 0 Å². The van der Waals surface area contributed by atoms with Gasteiger partial charge in [0.15, 0.2) is 11.7 Å². The number of nitrogens with one attached hydrogen (secondary N) is 1. The average molecular weight is 353 g/mol. The molecule has 0 spiro atoms. The van der Waals surface area contributed by atoms with Gasteiger partial charge >= 0.3 is 6.18 Å². The van der Waals surface area contributed by atoms with Crippen LogP contribution in [0.15, 0.2) is 30.7 Å². The first-order valence-electron chi connectivity index (χ1n) is 8.14. The number of pyridine rings is 1. The van der Waals surface area contributed by atoms with Crippen LogP contribution in [-0.2, 0) is 0 Å². The smallest absolute Gasteiger partial charge is 0.335 e. The van der Waals surface area contributed by atoms with Crippen LogP contribution in [0.1, 0.15) is 60.2 Å². The third-order valence-corrected chi connectivity index (χ3v) is 4.31. The van der Waals surface area contributed by atoms with Crippen molar-refractivity contribution < 1.29 is 18.0 Å². The predicted molar refractivity (Wildman–Crippen MR) is 82.6 cm³/mol. The molecule has 1 amide bonds. The van der Waals surface area contributed by atoms with E-state index in [-0.39, 0.29) is 17.3 Å². The van der Waals surface area contributed by atoms with Gasteiger partial charge in [0.25, 0.3) is 5.91 Å². The van der Waals surface area contributed by atoms with Gasteiger partial charge in [-0.15, -0.1) is 5.10 Å². The molecule has 0 saturated heterocycles. The zero-order valence-electron chi connectivity index (χ0n) is 13.4. The van der Waals surface area contributed by atoms with Crippen molar-refractivity contribution in [1.82, 2.24) is 25.3 Å². The van der Waals surface area contributed by atoms with Crippen molar-refractivity contribution in [3.63, 3.8) is 0 Å². The molecule has 9 heteroatoms. The second kappa shape index (κ2) is 7.20. The number of amides is 1. The molecule has 0 aliphatic heterocycles. The highest BCUT2D eigenvalue weighted by molar-refractivity contribution is 5.92. The molecule has 0 bridgehead atoms. The lowest BCUT2D eigenvalue weighted by atomic mass is 9.96. The number of hydrogen-bond donors (Lipinski definition) is 1. The topological polar surface area (TPSA) is 72.7 Å². The van der Waals surface area contributed by atoms with Crippen molar-refractivity contribution in [2.45, 2.75) is 50.4 Å². The minimum atomic E-state index is -4.64. The summed E-state index contributed by atoms with van der Waals surface area (Å²) in [6.45, 7) is 0. The molecular formula is C16H18F3N5O. The van der Waals surface area contributed by atoms with E-state index >= 15 is 0 Å². The Hall–Kier alpha value is -2.45. The second-order valence-corrected chi connectivity index (χ2v) is 6.11. The average Bonchev–Trinajstić information content (AvgIpc) is 3.10. The van der Waals surface area contributed by atoms with Gasteiger partial charge in [0.05, 0.1) is 12.2 Å². The first kappa shape index (κ1) is 17.4. The van der Waals surface area contributed by atoms with Gasteiger partial charge in [-0.25, -0.2) is 4.68 Å². The molecule has 1 aliphatic rings. The number of alkyl halides is 3. The molecule has 1 atom stereocenters. The van der Waals surface area contributed by atoms with E-state index in [0.717, 1.165) is 38.3 Å². The SMILES string of the molecule is O=C(NC(c1cccnc1)C(F)(F)F)c1cn(C2CCCCC2)nn1. The monoisotopic (exact) mass is 353 g/mol. The maximum absolute atomic E-state index is 13.3. The molecule has 1 fully saturated rings. The second-order valence-electron chi connectivity index (χ2n) is 6.11.